The average molecular weight is 359 g/mol. The van der Waals surface area contributed by atoms with E-state index in [9.17, 15) is 25.2 Å². The van der Waals surface area contributed by atoms with E-state index in [2.05, 4.69) is 15.0 Å². The van der Waals surface area contributed by atoms with Crippen LogP contribution in [0.25, 0.3) is 11.2 Å². The molecule has 11 nitrogen and oxygen atoms in total. The summed E-state index contributed by atoms with van der Waals surface area (Å²) in [5.74, 6) is -0.161. The van der Waals surface area contributed by atoms with Gasteiger partial charge in [0.05, 0.1) is 6.61 Å². The van der Waals surface area contributed by atoms with Crippen LogP contribution in [-0.2, 0) is 4.74 Å². The predicted octanol–water partition coefficient (Wildman–Crippen LogP) is -2.60. The van der Waals surface area contributed by atoms with Gasteiger partial charge in [-0.3, -0.25) is 14.3 Å². The number of aliphatic hydroxyl groups excluding tert-OH is 4. The Labute approximate surface area is 139 Å². The molecule has 24 heavy (non-hydrogen) atoms. The largest absolute Gasteiger partial charge is 0.394 e. The van der Waals surface area contributed by atoms with Crippen LogP contribution < -0.4 is 11.3 Å². The van der Waals surface area contributed by atoms with Crippen molar-refractivity contribution in [3.05, 3.63) is 10.4 Å². The molecular formula is C12H17N5O6S. The number of aromatic amines is 1. The minimum atomic E-state index is -1.58. The van der Waals surface area contributed by atoms with Gasteiger partial charge in [0.25, 0.3) is 5.56 Å². The maximum atomic E-state index is 12.1. The number of anilines is 1. The van der Waals surface area contributed by atoms with Crippen LogP contribution in [0.2, 0.25) is 0 Å². The summed E-state index contributed by atoms with van der Waals surface area (Å²) < 4.78 is 6.61. The van der Waals surface area contributed by atoms with Crippen molar-refractivity contribution < 1.29 is 25.2 Å². The number of rotatable bonds is 3. The highest BCUT2D eigenvalue weighted by molar-refractivity contribution is 7.98. The standard InChI is InChI=1S/C12H17N5O6S/c1-24-12-15-8-4(9(22)16-12)14-11(13)17(8)10-7(21)6(20)5(19)3(2-18)23-10/h3,5-7,10,18-21H,2H2,1H3,(H2,13,14)(H,15,16,22)/t3-,5+,6+,7+,10+/m0/s1. The number of nitrogen functional groups attached to an aromatic ring is 1. The maximum absolute atomic E-state index is 12.1. The van der Waals surface area contributed by atoms with Crippen molar-refractivity contribution in [2.45, 2.75) is 35.8 Å². The van der Waals surface area contributed by atoms with Crippen LogP contribution in [-0.4, -0.2) is 77.2 Å². The first-order valence-corrected chi connectivity index (χ1v) is 8.23. The molecule has 0 unspecified atom stereocenters. The molecule has 0 radical (unpaired) electrons. The number of H-pyrrole nitrogens is 1. The minimum Gasteiger partial charge on any atom is -0.394 e. The zero-order chi connectivity index (χ0) is 17.6. The quantitative estimate of drug-likeness (QED) is 0.251. The normalized spacial score (nSPS) is 30.8. The van der Waals surface area contributed by atoms with Crippen LogP contribution in [0.5, 0.6) is 0 Å². The van der Waals surface area contributed by atoms with Gasteiger partial charge in [0, 0.05) is 0 Å². The summed E-state index contributed by atoms with van der Waals surface area (Å²) in [6.07, 6.45) is -5.35. The highest BCUT2D eigenvalue weighted by Crippen LogP contribution is 2.32. The Morgan fingerprint density at radius 3 is 2.62 bits per heavy atom. The van der Waals surface area contributed by atoms with Crippen molar-refractivity contribution in [2.75, 3.05) is 18.6 Å². The molecular weight excluding hydrogens is 342 g/mol. The number of nitrogens with zero attached hydrogens (tertiary/aromatic N) is 3. The lowest BCUT2D eigenvalue weighted by atomic mass is 9.98. The predicted molar refractivity (Wildman–Crippen MR) is 83.4 cm³/mol. The Hall–Kier alpha value is -1.70. The fourth-order valence-corrected chi connectivity index (χ4v) is 3.00. The molecule has 1 saturated heterocycles. The van der Waals surface area contributed by atoms with E-state index in [1.165, 1.54) is 11.8 Å². The lowest BCUT2D eigenvalue weighted by Gasteiger charge is -2.40. The van der Waals surface area contributed by atoms with Gasteiger partial charge in [0.2, 0.25) is 5.95 Å². The summed E-state index contributed by atoms with van der Waals surface area (Å²) >= 11 is 1.19. The van der Waals surface area contributed by atoms with Gasteiger partial charge >= 0.3 is 0 Å². The van der Waals surface area contributed by atoms with Crippen molar-refractivity contribution >= 4 is 28.9 Å². The number of nitrogens with one attached hydrogen (secondary N) is 1. The third-order valence-electron chi connectivity index (χ3n) is 3.87. The monoisotopic (exact) mass is 359 g/mol. The summed E-state index contributed by atoms with van der Waals surface area (Å²) in [4.78, 5) is 22.7. The van der Waals surface area contributed by atoms with Gasteiger partial charge in [0.15, 0.2) is 22.5 Å². The highest BCUT2D eigenvalue weighted by Gasteiger charge is 2.45. The number of aromatic nitrogens is 4. The first-order valence-electron chi connectivity index (χ1n) is 7.01. The summed E-state index contributed by atoms with van der Waals surface area (Å²) in [5.41, 5.74) is 5.32. The smallest absolute Gasteiger partial charge is 0.279 e. The highest BCUT2D eigenvalue weighted by atomic mass is 32.2. The second-order valence-corrected chi connectivity index (χ2v) is 6.10. The van der Waals surface area contributed by atoms with Gasteiger partial charge in [-0.05, 0) is 6.26 Å². The number of thioether (sulfide) groups is 1. The molecule has 0 saturated carbocycles. The second-order valence-electron chi connectivity index (χ2n) is 5.31. The third-order valence-corrected chi connectivity index (χ3v) is 4.45. The summed E-state index contributed by atoms with van der Waals surface area (Å²) in [7, 11) is 0. The van der Waals surface area contributed by atoms with E-state index in [1.54, 1.807) is 6.26 Å². The molecule has 5 atom stereocenters. The van der Waals surface area contributed by atoms with Crippen molar-refractivity contribution in [3.8, 4) is 0 Å². The molecule has 0 spiro atoms. The summed E-state index contributed by atoms with van der Waals surface area (Å²) in [6, 6.07) is 0. The van der Waals surface area contributed by atoms with Crippen LogP contribution in [0.4, 0.5) is 5.95 Å². The van der Waals surface area contributed by atoms with Gasteiger partial charge in [-0.15, -0.1) is 0 Å². The van der Waals surface area contributed by atoms with E-state index < -0.39 is 42.8 Å². The van der Waals surface area contributed by atoms with E-state index in [0.717, 1.165) is 4.57 Å². The summed E-state index contributed by atoms with van der Waals surface area (Å²) in [5, 5.41) is 39.6. The molecule has 1 aliphatic rings. The average Bonchev–Trinajstić information content (AvgIpc) is 2.90. The van der Waals surface area contributed by atoms with Crippen molar-refractivity contribution in [3.63, 3.8) is 0 Å². The van der Waals surface area contributed by atoms with Crippen LogP contribution in [0.3, 0.4) is 0 Å². The fraction of sp³-hybridized carbons (Fsp3) is 0.583. The molecule has 2 aromatic heterocycles. The Morgan fingerprint density at radius 2 is 2.00 bits per heavy atom. The number of aliphatic hydroxyl groups is 4. The van der Waals surface area contributed by atoms with Crippen LogP contribution in [0.1, 0.15) is 6.23 Å². The van der Waals surface area contributed by atoms with E-state index in [1.807, 2.05) is 0 Å². The first kappa shape index (κ1) is 17.1. The van der Waals surface area contributed by atoms with E-state index in [0.29, 0.717) is 5.16 Å². The topological polar surface area (TPSA) is 180 Å². The molecule has 2 aromatic rings. The molecule has 12 heteroatoms. The minimum absolute atomic E-state index is 0.0535. The molecule has 0 amide bonds. The summed E-state index contributed by atoms with van der Waals surface area (Å²) in [6.45, 7) is -0.585. The number of hydrogen-bond acceptors (Lipinski definition) is 10. The molecule has 3 heterocycles. The number of nitrogens with two attached hydrogens (primary N) is 1. The molecule has 132 valence electrons. The first-order chi connectivity index (χ1) is 11.4. The SMILES string of the molecule is CSc1nc2c(nc(N)n2[C@@H]2O[C@@H](CO)[C@@H](O)[C@@H](O)[C@H]2O)c(=O)[nH]1. The van der Waals surface area contributed by atoms with E-state index in [-0.39, 0.29) is 17.1 Å². The van der Waals surface area contributed by atoms with Gasteiger partial charge in [-0.25, -0.2) is 9.97 Å². The van der Waals surface area contributed by atoms with Crippen LogP contribution >= 0.6 is 11.8 Å². The van der Waals surface area contributed by atoms with E-state index >= 15 is 0 Å². The molecule has 3 rings (SSSR count). The molecule has 0 bridgehead atoms. The van der Waals surface area contributed by atoms with Gasteiger partial charge in [-0.1, -0.05) is 11.8 Å². The lowest BCUT2D eigenvalue weighted by molar-refractivity contribution is -0.250. The number of fused-ring (bicyclic) bond motifs is 1. The van der Waals surface area contributed by atoms with Crippen molar-refractivity contribution in [2.24, 2.45) is 0 Å². The zero-order valence-corrected chi connectivity index (χ0v) is 13.3. The van der Waals surface area contributed by atoms with Crippen molar-refractivity contribution in [1.82, 2.24) is 19.5 Å². The van der Waals surface area contributed by atoms with Crippen LogP contribution in [0.15, 0.2) is 9.95 Å². The molecule has 7 N–H and O–H groups in total. The molecule has 1 fully saturated rings. The Bertz CT molecular complexity index is 807. The number of ether oxygens (including phenoxy) is 1. The fourth-order valence-electron chi connectivity index (χ4n) is 2.62. The Morgan fingerprint density at radius 1 is 1.29 bits per heavy atom. The van der Waals surface area contributed by atoms with Crippen molar-refractivity contribution in [1.29, 1.82) is 0 Å². The number of hydrogen-bond donors (Lipinski definition) is 6. The molecule has 1 aliphatic heterocycles. The Balaban J connectivity index is 2.16. The van der Waals surface area contributed by atoms with Gasteiger partial charge < -0.3 is 30.9 Å². The van der Waals surface area contributed by atoms with E-state index in [4.69, 9.17) is 10.5 Å². The lowest BCUT2D eigenvalue weighted by Crippen LogP contribution is -2.56. The number of imidazole rings is 1. The van der Waals surface area contributed by atoms with Gasteiger partial charge in [0.1, 0.15) is 24.4 Å². The second kappa shape index (κ2) is 6.31. The van der Waals surface area contributed by atoms with Gasteiger partial charge in [-0.2, -0.15) is 0 Å². The molecule has 0 aliphatic carbocycles. The zero-order valence-electron chi connectivity index (χ0n) is 12.5. The molecule has 0 aromatic carbocycles. The van der Waals surface area contributed by atoms with Crippen LogP contribution in [0, 0.1) is 0 Å². The Kier molecular flexibility index (Phi) is 4.50. The maximum Gasteiger partial charge on any atom is 0.279 e. The third kappa shape index (κ3) is 2.56.